The summed E-state index contributed by atoms with van der Waals surface area (Å²) in [6, 6.07) is 0. The Bertz CT molecular complexity index is 307. The van der Waals surface area contributed by atoms with Gasteiger partial charge in [0.25, 0.3) is 0 Å². The zero-order chi connectivity index (χ0) is 9.14. The van der Waals surface area contributed by atoms with Crippen molar-refractivity contribution in [2.24, 2.45) is 0 Å². The van der Waals surface area contributed by atoms with Gasteiger partial charge in [-0.25, -0.2) is 0 Å². The summed E-state index contributed by atoms with van der Waals surface area (Å²) >= 11 is 0. The van der Waals surface area contributed by atoms with Gasteiger partial charge in [0, 0.05) is 0 Å². The molecule has 1 rings (SSSR count). The van der Waals surface area contributed by atoms with Crippen LogP contribution in [0.5, 0.6) is 0 Å². The van der Waals surface area contributed by atoms with Crippen molar-refractivity contribution in [1.82, 2.24) is 10.2 Å². The minimum atomic E-state index is -1.05. The van der Waals surface area contributed by atoms with Crippen molar-refractivity contribution in [1.29, 1.82) is 0 Å². The van der Waals surface area contributed by atoms with E-state index in [-0.39, 0.29) is 11.4 Å². The van der Waals surface area contributed by atoms with Gasteiger partial charge in [0.05, 0.1) is 6.20 Å². The van der Waals surface area contributed by atoms with Gasteiger partial charge in [-0.3, -0.25) is 0 Å². The summed E-state index contributed by atoms with van der Waals surface area (Å²) in [7, 11) is 0. The summed E-state index contributed by atoms with van der Waals surface area (Å²) in [4.78, 5) is 9.65. The predicted molar refractivity (Wildman–Crippen MR) is 40.4 cm³/mol. The van der Waals surface area contributed by atoms with Crippen LogP contribution in [-0.2, 0) is 0 Å². The van der Waals surface area contributed by atoms with Gasteiger partial charge >= 0.3 is 5.82 Å². The van der Waals surface area contributed by atoms with Crippen LogP contribution in [0.15, 0.2) is 18.9 Å². The molecule has 1 heterocycles. The van der Waals surface area contributed by atoms with E-state index >= 15 is 0 Å². The van der Waals surface area contributed by atoms with Crippen LogP contribution in [0.25, 0.3) is 0 Å². The van der Waals surface area contributed by atoms with Crippen molar-refractivity contribution in [3.05, 3.63) is 34.5 Å². The van der Waals surface area contributed by atoms with E-state index in [9.17, 15) is 10.1 Å². The number of hydrogen-bond donors (Lipinski definition) is 2. The molecule has 0 aliphatic carbocycles. The van der Waals surface area contributed by atoms with E-state index in [2.05, 4.69) is 16.8 Å². The van der Waals surface area contributed by atoms with Crippen LogP contribution in [0.3, 0.4) is 0 Å². The lowest BCUT2D eigenvalue weighted by molar-refractivity contribution is -0.390. The summed E-state index contributed by atoms with van der Waals surface area (Å²) in [6.07, 6.45) is 1.34. The van der Waals surface area contributed by atoms with E-state index in [4.69, 9.17) is 5.11 Å². The summed E-state index contributed by atoms with van der Waals surface area (Å²) in [5.74, 6) is -0.303. The maximum Gasteiger partial charge on any atom is 0.348 e. The molecule has 2 N–H and O–H groups in total. The van der Waals surface area contributed by atoms with Gasteiger partial charge in [0.15, 0.2) is 0 Å². The molecular weight excluding hydrogens is 162 g/mol. The summed E-state index contributed by atoms with van der Waals surface area (Å²) in [5, 5.41) is 25.1. The average molecular weight is 169 g/mol. The Morgan fingerprint density at radius 1 is 1.92 bits per heavy atom. The van der Waals surface area contributed by atoms with Gasteiger partial charge in [-0.15, -0.1) is 11.7 Å². The number of aromatic nitrogens is 2. The molecule has 0 saturated carbocycles. The van der Waals surface area contributed by atoms with Crippen molar-refractivity contribution in [3.8, 4) is 0 Å². The third-order valence-corrected chi connectivity index (χ3v) is 1.37. The average Bonchev–Trinajstić information content (AvgIpc) is 2.50. The first-order valence-corrected chi connectivity index (χ1v) is 3.15. The fourth-order valence-corrected chi connectivity index (χ4v) is 0.778. The minimum Gasteiger partial charge on any atom is -0.384 e. The van der Waals surface area contributed by atoms with Crippen molar-refractivity contribution >= 4 is 5.82 Å². The highest BCUT2D eigenvalue weighted by atomic mass is 16.6. The van der Waals surface area contributed by atoms with E-state index in [0.717, 1.165) is 0 Å². The van der Waals surface area contributed by atoms with Crippen LogP contribution in [0.2, 0.25) is 0 Å². The van der Waals surface area contributed by atoms with E-state index in [1.54, 1.807) is 0 Å². The number of hydrogen-bond acceptors (Lipinski definition) is 4. The van der Waals surface area contributed by atoms with Crippen molar-refractivity contribution in [2.45, 2.75) is 6.10 Å². The van der Waals surface area contributed by atoms with Crippen LogP contribution in [0.1, 0.15) is 11.7 Å². The van der Waals surface area contributed by atoms with Crippen LogP contribution in [-0.4, -0.2) is 20.2 Å². The number of rotatable bonds is 3. The Kier molecular flexibility index (Phi) is 2.20. The topological polar surface area (TPSA) is 92.1 Å². The third kappa shape index (κ3) is 1.32. The summed E-state index contributed by atoms with van der Waals surface area (Å²) < 4.78 is 0. The summed E-state index contributed by atoms with van der Waals surface area (Å²) in [5.41, 5.74) is 0.120. The first kappa shape index (κ1) is 8.41. The molecule has 0 aliphatic heterocycles. The van der Waals surface area contributed by atoms with Crippen LogP contribution in [0, 0.1) is 10.1 Å². The highest BCUT2D eigenvalue weighted by Gasteiger charge is 2.19. The van der Waals surface area contributed by atoms with E-state index < -0.39 is 11.0 Å². The molecule has 6 heteroatoms. The molecule has 0 bridgehead atoms. The molecule has 1 aromatic rings. The molecule has 0 aromatic carbocycles. The number of nitrogens with one attached hydrogen (secondary N) is 1. The van der Waals surface area contributed by atoms with Gasteiger partial charge in [-0.1, -0.05) is 11.2 Å². The lowest BCUT2D eigenvalue weighted by Crippen LogP contribution is -1.97. The van der Waals surface area contributed by atoms with Crippen LogP contribution in [0.4, 0.5) is 5.82 Å². The number of aromatic amines is 1. The molecule has 1 aromatic heterocycles. The van der Waals surface area contributed by atoms with Crippen molar-refractivity contribution in [2.75, 3.05) is 0 Å². The number of aliphatic hydroxyl groups excluding tert-OH is 1. The van der Waals surface area contributed by atoms with E-state index in [1.165, 1.54) is 12.3 Å². The quantitative estimate of drug-likeness (QED) is 0.392. The molecule has 0 spiro atoms. The lowest BCUT2D eigenvalue weighted by Gasteiger charge is -1.99. The SMILES string of the molecule is C=CC(O)c1cn[nH]c1[N+](=O)[O-]. The van der Waals surface area contributed by atoms with E-state index in [0.29, 0.717) is 0 Å². The molecule has 6 nitrogen and oxygen atoms in total. The Labute approximate surface area is 67.7 Å². The lowest BCUT2D eigenvalue weighted by atomic mass is 10.2. The predicted octanol–water partition coefficient (Wildman–Crippen LogP) is 0.537. The first-order chi connectivity index (χ1) is 5.66. The van der Waals surface area contributed by atoms with Gasteiger partial charge in [-0.05, 0) is 4.92 Å². The Morgan fingerprint density at radius 3 is 3.08 bits per heavy atom. The second kappa shape index (κ2) is 3.14. The second-order valence-electron chi connectivity index (χ2n) is 2.11. The van der Waals surface area contributed by atoms with Gasteiger partial charge < -0.3 is 15.2 Å². The van der Waals surface area contributed by atoms with Crippen molar-refractivity contribution < 1.29 is 10.0 Å². The Morgan fingerprint density at radius 2 is 2.58 bits per heavy atom. The minimum absolute atomic E-state index is 0.120. The number of nitro groups is 1. The zero-order valence-corrected chi connectivity index (χ0v) is 6.10. The monoisotopic (exact) mass is 169 g/mol. The largest absolute Gasteiger partial charge is 0.384 e. The fourth-order valence-electron chi connectivity index (χ4n) is 0.778. The number of nitrogens with zero attached hydrogens (tertiary/aromatic N) is 2. The van der Waals surface area contributed by atoms with Gasteiger partial charge in [0.1, 0.15) is 11.7 Å². The molecule has 0 amide bonds. The highest BCUT2D eigenvalue weighted by molar-refractivity contribution is 5.33. The van der Waals surface area contributed by atoms with E-state index in [1.807, 2.05) is 0 Å². The van der Waals surface area contributed by atoms with Crippen LogP contribution >= 0.6 is 0 Å². The molecule has 64 valence electrons. The summed E-state index contributed by atoms with van der Waals surface area (Å²) in [6.45, 7) is 3.30. The molecule has 1 unspecified atom stereocenters. The molecule has 0 aliphatic rings. The van der Waals surface area contributed by atoms with Gasteiger partial charge in [-0.2, -0.15) is 0 Å². The number of aliphatic hydroxyl groups is 1. The second-order valence-corrected chi connectivity index (χ2v) is 2.11. The Balaban J connectivity index is 3.06. The molecule has 0 radical (unpaired) electrons. The van der Waals surface area contributed by atoms with Gasteiger partial charge in [0.2, 0.25) is 0 Å². The maximum atomic E-state index is 10.3. The standard InChI is InChI=1S/C6H7N3O3/c1-2-5(10)4-3-7-8-6(4)9(11)12/h2-3,5,10H,1H2,(H,7,8). The molecule has 0 fully saturated rings. The highest BCUT2D eigenvalue weighted by Crippen LogP contribution is 2.21. The molecule has 1 atom stereocenters. The van der Waals surface area contributed by atoms with Crippen molar-refractivity contribution in [3.63, 3.8) is 0 Å². The maximum absolute atomic E-state index is 10.3. The fraction of sp³-hybridized carbons (Fsp3) is 0.167. The zero-order valence-electron chi connectivity index (χ0n) is 6.10. The molecular formula is C6H7N3O3. The Hall–Kier alpha value is -1.69. The third-order valence-electron chi connectivity index (χ3n) is 1.37. The van der Waals surface area contributed by atoms with Crippen LogP contribution < -0.4 is 0 Å². The number of H-pyrrole nitrogens is 1. The smallest absolute Gasteiger partial charge is 0.348 e. The normalized spacial score (nSPS) is 12.4. The molecule has 0 saturated heterocycles. The first-order valence-electron chi connectivity index (χ1n) is 3.15. The molecule has 12 heavy (non-hydrogen) atoms.